The van der Waals surface area contributed by atoms with Gasteiger partial charge < -0.3 is 10.4 Å². The zero-order valence-electron chi connectivity index (χ0n) is 11.8. The van der Waals surface area contributed by atoms with Crippen molar-refractivity contribution in [2.24, 2.45) is 5.41 Å². The van der Waals surface area contributed by atoms with Crippen molar-refractivity contribution in [1.82, 2.24) is 5.32 Å². The van der Waals surface area contributed by atoms with Crippen molar-refractivity contribution >= 4 is 21.8 Å². The fraction of sp³-hybridized carbons (Fsp3) is 0.533. The monoisotopic (exact) mass is 327 g/mol. The number of rotatable bonds is 6. The van der Waals surface area contributed by atoms with E-state index in [1.165, 1.54) is 0 Å². The Hall–Kier alpha value is -0.870. The highest BCUT2D eigenvalue weighted by molar-refractivity contribution is 9.10. The van der Waals surface area contributed by atoms with Gasteiger partial charge in [0.25, 0.3) is 5.91 Å². The van der Waals surface area contributed by atoms with Crippen LogP contribution in [0.2, 0.25) is 0 Å². The molecule has 0 heterocycles. The fourth-order valence-corrected chi connectivity index (χ4v) is 2.16. The van der Waals surface area contributed by atoms with Crippen LogP contribution in [0.4, 0.5) is 0 Å². The smallest absolute Gasteiger partial charge is 0.251 e. The van der Waals surface area contributed by atoms with Crippen LogP contribution in [0, 0.1) is 12.3 Å². The van der Waals surface area contributed by atoms with E-state index in [2.05, 4.69) is 21.2 Å². The number of carbonyl (C=O) groups excluding carboxylic acids is 1. The van der Waals surface area contributed by atoms with Crippen molar-refractivity contribution in [2.75, 3.05) is 13.2 Å². The molecule has 0 aromatic heterocycles. The largest absolute Gasteiger partial charge is 0.396 e. The summed E-state index contributed by atoms with van der Waals surface area (Å²) in [5.74, 6) is -0.0411. The first kappa shape index (κ1) is 16.2. The molecule has 1 aromatic rings. The zero-order valence-corrected chi connectivity index (χ0v) is 13.4. The predicted octanol–water partition coefficient (Wildman–Crippen LogP) is 3.29. The quantitative estimate of drug-likeness (QED) is 0.788. The van der Waals surface area contributed by atoms with Gasteiger partial charge in [-0.15, -0.1) is 0 Å². The third-order valence-electron chi connectivity index (χ3n) is 3.26. The number of aliphatic hydroxyl groups excluding tert-OH is 1. The summed E-state index contributed by atoms with van der Waals surface area (Å²) in [5, 5.41) is 12.1. The van der Waals surface area contributed by atoms with Gasteiger partial charge in [-0.2, -0.15) is 0 Å². The average Bonchev–Trinajstić information content (AvgIpc) is 2.37. The number of halogens is 1. The van der Waals surface area contributed by atoms with Crippen LogP contribution in [0.15, 0.2) is 22.7 Å². The van der Waals surface area contributed by atoms with Crippen LogP contribution in [0.25, 0.3) is 0 Å². The van der Waals surface area contributed by atoms with Crippen molar-refractivity contribution in [3.8, 4) is 0 Å². The number of nitrogens with one attached hydrogen (secondary N) is 1. The van der Waals surface area contributed by atoms with Crippen molar-refractivity contribution < 1.29 is 9.90 Å². The summed E-state index contributed by atoms with van der Waals surface area (Å²) < 4.78 is 0.946. The maximum absolute atomic E-state index is 12.0. The lowest BCUT2D eigenvalue weighted by Crippen LogP contribution is -2.27. The summed E-state index contributed by atoms with van der Waals surface area (Å²) in [6.45, 7) is 6.77. The molecule has 0 aliphatic heterocycles. The minimum Gasteiger partial charge on any atom is -0.396 e. The molecule has 0 spiro atoms. The van der Waals surface area contributed by atoms with Crippen LogP contribution in [0.3, 0.4) is 0 Å². The molecule has 1 aromatic carbocycles. The van der Waals surface area contributed by atoms with E-state index in [0.717, 1.165) is 22.9 Å². The molecular weight excluding hydrogens is 306 g/mol. The van der Waals surface area contributed by atoms with Crippen molar-refractivity contribution in [2.45, 2.75) is 33.6 Å². The van der Waals surface area contributed by atoms with Gasteiger partial charge in [-0.05, 0) is 42.9 Å². The molecule has 0 atom stereocenters. The molecule has 0 aliphatic rings. The molecule has 19 heavy (non-hydrogen) atoms. The average molecular weight is 328 g/mol. The highest BCUT2D eigenvalue weighted by atomic mass is 79.9. The van der Waals surface area contributed by atoms with Gasteiger partial charge in [0.15, 0.2) is 0 Å². The van der Waals surface area contributed by atoms with E-state index in [0.29, 0.717) is 12.1 Å². The Labute approximate surface area is 123 Å². The minimum atomic E-state index is -0.0730. The van der Waals surface area contributed by atoms with Gasteiger partial charge in [0.1, 0.15) is 0 Å². The Morgan fingerprint density at radius 1 is 1.42 bits per heavy atom. The van der Waals surface area contributed by atoms with E-state index < -0.39 is 0 Å². The van der Waals surface area contributed by atoms with Gasteiger partial charge in [-0.3, -0.25) is 4.79 Å². The van der Waals surface area contributed by atoms with Gasteiger partial charge >= 0.3 is 0 Å². The van der Waals surface area contributed by atoms with E-state index in [1.807, 2.05) is 39.0 Å². The van der Waals surface area contributed by atoms with Crippen LogP contribution in [0.1, 0.15) is 42.6 Å². The van der Waals surface area contributed by atoms with E-state index in [9.17, 15) is 4.79 Å². The van der Waals surface area contributed by atoms with E-state index in [4.69, 9.17) is 5.11 Å². The third kappa shape index (κ3) is 4.96. The number of benzene rings is 1. The van der Waals surface area contributed by atoms with Gasteiger partial charge in [0, 0.05) is 23.2 Å². The standard InChI is InChI=1S/C15H22BrNO2/c1-11-12(6-4-7-13(11)16)14(19)17-9-5-8-15(2,3)10-18/h4,6-7,18H,5,8-10H2,1-3H3,(H,17,19). The van der Waals surface area contributed by atoms with Crippen LogP contribution < -0.4 is 5.32 Å². The molecule has 3 nitrogen and oxygen atoms in total. The normalized spacial score (nSPS) is 11.4. The maximum Gasteiger partial charge on any atom is 0.251 e. The first-order valence-corrected chi connectivity index (χ1v) is 7.31. The van der Waals surface area contributed by atoms with Crippen molar-refractivity contribution in [1.29, 1.82) is 0 Å². The number of carbonyl (C=O) groups is 1. The third-order valence-corrected chi connectivity index (χ3v) is 4.12. The van der Waals surface area contributed by atoms with Crippen molar-refractivity contribution in [3.05, 3.63) is 33.8 Å². The molecule has 0 unspecified atom stereocenters. The molecular formula is C15H22BrNO2. The highest BCUT2D eigenvalue weighted by Crippen LogP contribution is 2.21. The van der Waals surface area contributed by atoms with Crippen LogP contribution in [0.5, 0.6) is 0 Å². The van der Waals surface area contributed by atoms with Crippen molar-refractivity contribution in [3.63, 3.8) is 0 Å². The molecule has 0 saturated carbocycles. The summed E-state index contributed by atoms with van der Waals surface area (Å²) in [6.07, 6.45) is 1.76. The first-order valence-electron chi connectivity index (χ1n) is 6.51. The molecule has 0 bridgehead atoms. The second kappa shape index (κ2) is 7.06. The van der Waals surface area contributed by atoms with E-state index in [1.54, 1.807) is 0 Å². The Balaban J connectivity index is 2.46. The zero-order chi connectivity index (χ0) is 14.5. The van der Waals surface area contributed by atoms with Gasteiger partial charge in [0.05, 0.1) is 0 Å². The molecule has 0 radical (unpaired) electrons. The predicted molar refractivity (Wildman–Crippen MR) is 81.3 cm³/mol. The molecule has 0 fully saturated rings. The minimum absolute atomic E-state index is 0.0411. The van der Waals surface area contributed by atoms with Gasteiger partial charge in [-0.25, -0.2) is 0 Å². The van der Waals surface area contributed by atoms with E-state index in [-0.39, 0.29) is 17.9 Å². The molecule has 4 heteroatoms. The lowest BCUT2D eigenvalue weighted by molar-refractivity contribution is 0.0948. The van der Waals surface area contributed by atoms with E-state index >= 15 is 0 Å². The summed E-state index contributed by atoms with van der Waals surface area (Å²) in [5.41, 5.74) is 1.59. The first-order chi connectivity index (χ1) is 8.87. The number of hydrogen-bond acceptors (Lipinski definition) is 2. The Bertz CT molecular complexity index is 444. The van der Waals surface area contributed by atoms with Gasteiger partial charge in [-0.1, -0.05) is 35.8 Å². The number of hydrogen-bond donors (Lipinski definition) is 2. The molecule has 0 saturated heterocycles. The second-order valence-corrected chi connectivity index (χ2v) is 6.45. The summed E-state index contributed by atoms with van der Waals surface area (Å²) >= 11 is 3.42. The van der Waals surface area contributed by atoms with Gasteiger partial charge in [0.2, 0.25) is 0 Å². The highest BCUT2D eigenvalue weighted by Gasteiger charge is 2.16. The molecule has 106 valence electrons. The van der Waals surface area contributed by atoms with Crippen LogP contribution >= 0.6 is 15.9 Å². The summed E-state index contributed by atoms with van der Waals surface area (Å²) in [7, 11) is 0. The summed E-state index contributed by atoms with van der Waals surface area (Å²) in [4.78, 5) is 12.0. The lowest BCUT2D eigenvalue weighted by atomic mass is 9.89. The Kier molecular flexibility index (Phi) is 6.01. The maximum atomic E-state index is 12.0. The van der Waals surface area contributed by atoms with Crippen LogP contribution in [-0.4, -0.2) is 24.2 Å². The lowest BCUT2D eigenvalue weighted by Gasteiger charge is -2.21. The number of amides is 1. The second-order valence-electron chi connectivity index (χ2n) is 5.59. The molecule has 1 rings (SSSR count). The molecule has 0 aliphatic carbocycles. The number of aliphatic hydroxyl groups is 1. The topological polar surface area (TPSA) is 49.3 Å². The van der Waals surface area contributed by atoms with Crippen LogP contribution in [-0.2, 0) is 0 Å². The summed E-state index contributed by atoms with van der Waals surface area (Å²) in [6, 6.07) is 5.61. The molecule has 1 amide bonds. The Morgan fingerprint density at radius 2 is 2.11 bits per heavy atom. The Morgan fingerprint density at radius 3 is 2.74 bits per heavy atom. The SMILES string of the molecule is Cc1c(Br)cccc1C(=O)NCCCC(C)(C)CO. The fourth-order valence-electron chi connectivity index (χ4n) is 1.80. The molecule has 2 N–H and O–H groups in total.